The minimum absolute atomic E-state index is 0.194. The van der Waals surface area contributed by atoms with Gasteiger partial charge in [0.25, 0.3) is 5.91 Å². The van der Waals surface area contributed by atoms with Gasteiger partial charge in [-0.15, -0.1) is 0 Å². The van der Waals surface area contributed by atoms with E-state index in [1.165, 1.54) is 12.1 Å². The van der Waals surface area contributed by atoms with E-state index in [-0.39, 0.29) is 17.3 Å². The molecule has 0 unspecified atom stereocenters. The second-order valence-corrected chi connectivity index (χ2v) is 10.3. The fourth-order valence-electron chi connectivity index (χ4n) is 4.97. The van der Waals surface area contributed by atoms with Crippen LogP contribution in [0.3, 0.4) is 0 Å². The number of benzene rings is 4. The van der Waals surface area contributed by atoms with E-state index < -0.39 is 11.5 Å². The second-order valence-electron chi connectivity index (χ2n) is 9.82. The molecule has 1 fully saturated rings. The molecule has 0 aliphatic heterocycles. The Labute approximate surface area is 228 Å². The van der Waals surface area contributed by atoms with E-state index in [1.54, 1.807) is 53.3 Å². The lowest BCUT2D eigenvalue weighted by Crippen LogP contribution is -2.35. The summed E-state index contributed by atoms with van der Waals surface area (Å²) in [5.41, 5.74) is 4.10. The van der Waals surface area contributed by atoms with Gasteiger partial charge in [0.2, 0.25) is 0 Å². The zero-order chi connectivity index (χ0) is 27.1. The van der Waals surface area contributed by atoms with Crippen LogP contribution in [0.4, 0.5) is 4.39 Å². The Morgan fingerprint density at radius 1 is 0.974 bits per heavy atom. The van der Waals surface area contributed by atoms with Crippen molar-refractivity contribution in [2.24, 2.45) is 0 Å². The van der Waals surface area contributed by atoms with Crippen molar-refractivity contribution in [3.8, 4) is 11.1 Å². The fourth-order valence-corrected chi connectivity index (χ4v) is 5.18. The van der Waals surface area contributed by atoms with E-state index in [0.717, 1.165) is 40.5 Å². The van der Waals surface area contributed by atoms with Gasteiger partial charge >= 0.3 is 5.97 Å². The summed E-state index contributed by atoms with van der Waals surface area (Å²) < 4.78 is 15.4. The molecule has 0 saturated heterocycles. The molecule has 0 bridgehead atoms. The number of nitrogens with one attached hydrogen (secondary N) is 1. The molecule has 1 saturated carbocycles. The average Bonchev–Trinajstić information content (AvgIpc) is 3.60. The molecule has 4 aromatic carbocycles. The van der Waals surface area contributed by atoms with Crippen molar-refractivity contribution in [2.45, 2.75) is 24.9 Å². The molecule has 5 aromatic rings. The van der Waals surface area contributed by atoms with E-state index in [4.69, 9.17) is 11.6 Å². The predicted molar refractivity (Wildman–Crippen MR) is 147 cm³/mol. The number of halogens is 2. The number of aromatic nitrogens is 2. The van der Waals surface area contributed by atoms with Gasteiger partial charge in [0.05, 0.1) is 34.9 Å². The van der Waals surface area contributed by atoms with E-state index in [2.05, 4.69) is 10.4 Å². The average molecular weight is 540 g/mol. The smallest absolute Gasteiger partial charge is 0.335 e. The van der Waals surface area contributed by atoms with Crippen molar-refractivity contribution in [1.29, 1.82) is 0 Å². The van der Waals surface area contributed by atoms with Crippen LogP contribution in [0.5, 0.6) is 0 Å². The van der Waals surface area contributed by atoms with Crippen LogP contribution in [0.15, 0.2) is 91.1 Å². The molecule has 0 radical (unpaired) electrons. The van der Waals surface area contributed by atoms with Crippen LogP contribution in [0.1, 0.15) is 44.7 Å². The number of carboxylic acid groups (broad SMARTS) is 1. The SMILES string of the molecule is O=C(O)c1ccc(C2(NC(=O)c3cc(-c4ccc(F)cc4)cc4cnn(Cc5cccc(Cl)c5)c34)CC2)cc1. The van der Waals surface area contributed by atoms with Gasteiger partial charge < -0.3 is 10.4 Å². The normalized spacial score (nSPS) is 13.8. The van der Waals surface area contributed by atoms with Crippen LogP contribution < -0.4 is 5.32 Å². The lowest BCUT2D eigenvalue weighted by molar-refractivity contribution is 0.0696. The third-order valence-electron chi connectivity index (χ3n) is 7.16. The highest BCUT2D eigenvalue weighted by atomic mass is 35.5. The maximum atomic E-state index is 13.9. The van der Waals surface area contributed by atoms with Gasteiger partial charge in [0.15, 0.2) is 0 Å². The topological polar surface area (TPSA) is 84.2 Å². The highest BCUT2D eigenvalue weighted by Gasteiger charge is 2.46. The van der Waals surface area contributed by atoms with Crippen LogP contribution >= 0.6 is 11.6 Å². The predicted octanol–water partition coefficient (Wildman–Crippen LogP) is 6.66. The van der Waals surface area contributed by atoms with E-state index in [1.807, 2.05) is 30.3 Å². The molecule has 0 atom stereocenters. The van der Waals surface area contributed by atoms with Gasteiger partial charge in [-0.2, -0.15) is 5.10 Å². The van der Waals surface area contributed by atoms with Crippen molar-refractivity contribution >= 4 is 34.4 Å². The third kappa shape index (κ3) is 4.89. The number of hydrogen-bond donors (Lipinski definition) is 2. The maximum absolute atomic E-state index is 13.9. The van der Waals surface area contributed by atoms with Gasteiger partial charge in [-0.3, -0.25) is 9.48 Å². The Balaban J connectivity index is 1.41. The first-order chi connectivity index (χ1) is 18.8. The van der Waals surface area contributed by atoms with Crippen molar-refractivity contribution in [3.05, 3.63) is 124 Å². The van der Waals surface area contributed by atoms with Crippen molar-refractivity contribution in [2.75, 3.05) is 0 Å². The number of hydrogen-bond acceptors (Lipinski definition) is 3. The zero-order valence-corrected chi connectivity index (χ0v) is 21.5. The number of fused-ring (bicyclic) bond motifs is 1. The number of carbonyl (C=O) groups is 2. The molecule has 1 aromatic heterocycles. The summed E-state index contributed by atoms with van der Waals surface area (Å²) in [5, 5.41) is 18.4. The largest absolute Gasteiger partial charge is 0.478 e. The summed E-state index contributed by atoms with van der Waals surface area (Å²) in [7, 11) is 0. The summed E-state index contributed by atoms with van der Waals surface area (Å²) in [6.07, 6.45) is 3.21. The molecule has 39 heavy (non-hydrogen) atoms. The fraction of sp³-hybridized carbons (Fsp3) is 0.129. The summed E-state index contributed by atoms with van der Waals surface area (Å²) in [6, 6.07) is 24.0. The number of carboxylic acids is 1. The maximum Gasteiger partial charge on any atom is 0.335 e. The van der Waals surface area contributed by atoms with Crippen LogP contribution in [-0.4, -0.2) is 26.8 Å². The van der Waals surface area contributed by atoms with Gasteiger partial charge in [-0.25, -0.2) is 9.18 Å². The highest BCUT2D eigenvalue weighted by Crippen LogP contribution is 2.46. The Kier molecular flexibility index (Phi) is 6.16. The first-order valence-corrected chi connectivity index (χ1v) is 12.9. The van der Waals surface area contributed by atoms with Crippen molar-refractivity contribution in [3.63, 3.8) is 0 Å². The molecule has 8 heteroatoms. The van der Waals surface area contributed by atoms with E-state index in [9.17, 15) is 19.1 Å². The van der Waals surface area contributed by atoms with Crippen LogP contribution in [0.25, 0.3) is 22.0 Å². The first-order valence-electron chi connectivity index (χ1n) is 12.5. The summed E-state index contributed by atoms with van der Waals surface area (Å²) in [4.78, 5) is 25.2. The number of carbonyl (C=O) groups excluding carboxylic acids is 1. The monoisotopic (exact) mass is 539 g/mol. The number of rotatable bonds is 7. The van der Waals surface area contributed by atoms with Gasteiger partial charge in [0.1, 0.15) is 5.82 Å². The van der Waals surface area contributed by atoms with E-state index in [0.29, 0.717) is 22.6 Å². The van der Waals surface area contributed by atoms with Crippen LogP contribution in [-0.2, 0) is 12.1 Å². The summed E-state index contributed by atoms with van der Waals surface area (Å²) in [6.45, 7) is 0.419. The Morgan fingerprint density at radius 3 is 2.38 bits per heavy atom. The van der Waals surface area contributed by atoms with Crippen molar-refractivity contribution < 1.29 is 19.1 Å². The lowest BCUT2D eigenvalue weighted by Gasteiger charge is -2.19. The minimum Gasteiger partial charge on any atom is -0.478 e. The standard InChI is InChI=1S/C31H23ClFN3O3/c32-25-3-1-2-19(14-25)18-36-28-23(17-34-36)15-22(20-6-10-26(33)11-7-20)16-27(28)29(37)35-31(12-13-31)24-8-4-21(5-9-24)30(38)39/h1-11,14-17H,12-13,18H2,(H,35,37)(H,38,39). The zero-order valence-electron chi connectivity index (χ0n) is 20.7. The van der Waals surface area contributed by atoms with E-state index >= 15 is 0 Å². The van der Waals surface area contributed by atoms with Gasteiger partial charge in [0, 0.05) is 10.4 Å². The molecule has 6 rings (SSSR count). The third-order valence-corrected chi connectivity index (χ3v) is 7.40. The molecule has 1 amide bonds. The Bertz CT molecular complexity index is 1730. The number of nitrogens with zero attached hydrogens (tertiary/aromatic N) is 2. The highest BCUT2D eigenvalue weighted by molar-refractivity contribution is 6.30. The molecule has 6 nitrogen and oxygen atoms in total. The lowest BCUT2D eigenvalue weighted by atomic mass is 9.98. The number of aromatic carboxylic acids is 1. The quantitative estimate of drug-likeness (QED) is 0.242. The van der Waals surface area contributed by atoms with Crippen LogP contribution in [0, 0.1) is 5.82 Å². The molecular weight excluding hydrogens is 517 g/mol. The first kappa shape index (κ1) is 24.8. The second kappa shape index (κ2) is 9.67. The molecule has 194 valence electrons. The molecule has 2 N–H and O–H groups in total. The van der Waals surface area contributed by atoms with Crippen molar-refractivity contribution in [1.82, 2.24) is 15.1 Å². The van der Waals surface area contributed by atoms with Gasteiger partial charge in [-0.1, -0.05) is 48.0 Å². The van der Waals surface area contributed by atoms with Crippen LogP contribution in [0.2, 0.25) is 5.02 Å². The summed E-state index contributed by atoms with van der Waals surface area (Å²) >= 11 is 6.20. The summed E-state index contributed by atoms with van der Waals surface area (Å²) in [5.74, 6) is -1.60. The molecule has 0 spiro atoms. The molecular formula is C31H23ClFN3O3. The molecule has 1 heterocycles. The minimum atomic E-state index is -0.997. The molecule has 1 aliphatic rings. The van der Waals surface area contributed by atoms with Gasteiger partial charge in [-0.05, 0) is 83.6 Å². The Hall–Kier alpha value is -4.49. The number of amides is 1. The molecule has 1 aliphatic carbocycles. The Morgan fingerprint density at radius 2 is 1.72 bits per heavy atom.